The number of aliphatic carboxylic acids is 1. The van der Waals surface area contributed by atoms with Gasteiger partial charge in [0.1, 0.15) is 6.33 Å². The van der Waals surface area contributed by atoms with Gasteiger partial charge in [0.15, 0.2) is 5.82 Å². The highest BCUT2D eigenvalue weighted by atomic mass is 16.4. The molecule has 25 heavy (non-hydrogen) atoms. The van der Waals surface area contributed by atoms with Gasteiger partial charge in [0.05, 0.1) is 11.6 Å². The number of benzene rings is 1. The zero-order valence-corrected chi connectivity index (χ0v) is 14.8. The van der Waals surface area contributed by atoms with E-state index in [9.17, 15) is 9.59 Å². The van der Waals surface area contributed by atoms with E-state index in [0.29, 0.717) is 11.5 Å². The normalized spacial score (nSPS) is 12.0. The van der Waals surface area contributed by atoms with E-state index in [2.05, 4.69) is 15.5 Å². The van der Waals surface area contributed by atoms with Crippen LogP contribution in [-0.2, 0) is 4.79 Å². The molecule has 1 atom stereocenters. The highest BCUT2D eigenvalue weighted by Gasteiger charge is 2.19. The van der Waals surface area contributed by atoms with Crippen LogP contribution in [0.25, 0.3) is 11.4 Å². The van der Waals surface area contributed by atoms with Crippen molar-refractivity contribution in [3.05, 3.63) is 30.6 Å². The van der Waals surface area contributed by atoms with Crippen LogP contribution in [0.1, 0.15) is 26.8 Å². The molecule has 0 aliphatic heterocycles. The Balaban J connectivity index is 2.22. The maximum absolute atomic E-state index is 12.4. The fourth-order valence-electron chi connectivity index (χ4n) is 2.38. The van der Waals surface area contributed by atoms with Crippen molar-refractivity contribution in [3.8, 4) is 11.4 Å². The number of rotatable bonds is 6. The van der Waals surface area contributed by atoms with Crippen LogP contribution in [0.5, 0.6) is 0 Å². The van der Waals surface area contributed by atoms with E-state index in [0.717, 1.165) is 5.56 Å². The lowest BCUT2D eigenvalue weighted by molar-refractivity contribution is -0.141. The number of nitrogens with one attached hydrogen (secondary N) is 1. The second-order valence-corrected chi connectivity index (χ2v) is 6.25. The lowest BCUT2D eigenvalue weighted by Crippen LogP contribution is -2.36. The Kier molecular flexibility index (Phi) is 5.74. The van der Waals surface area contributed by atoms with Gasteiger partial charge in [0.25, 0.3) is 0 Å². The lowest BCUT2D eigenvalue weighted by Gasteiger charge is -2.21. The predicted molar refractivity (Wildman–Crippen MR) is 94.3 cm³/mol. The molecular weight excluding hydrogens is 322 g/mol. The van der Waals surface area contributed by atoms with Crippen molar-refractivity contribution in [1.82, 2.24) is 19.7 Å². The molecule has 1 aromatic heterocycles. The summed E-state index contributed by atoms with van der Waals surface area (Å²) in [6.07, 6.45) is 1.65. The second kappa shape index (κ2) is 7.78. The third kappa shape index (κ3) is 4.34. The van der Waals surface area contributed by atoms with E-state index in [1.807, 2.05) is 36.6 Å². The highest BCUT2D eigenvalue weighted by molar-refractivity contribution is 5.93. The largest absolute Gasteiger partial charge is 0.481 e. The number of nitrogens with zero attached hydrogens (tertiary/aromatic N) is 4. The number of aromatic nitrogens is 3. The molecule has 134 valence electrons. The zero-order chi connectivity index (χ0) is 18.6. The van der Waals surface area contributed by atoms with Crippen LogP contribution in [-0.4, -0.2) is 50.4 Å². The maximum atomic E-state index is 12.4. The quantitative estimate of drug-likeness (QED) is 0.838. The number of amides is 2. The van der Waals surface area contributed by atoms with E-state index in [1.165, 1.54) is 4.90 Å². The molecule has 0 radical (unpaired) electrons. The molecular formula is C17H23N5O3. The number of hydrogen-bond acceptors (Lipinski definition) is 4. The third-order valence-corrected chi connectivity index (χ3v) is 3.85. The van der Waals surface area contributed by atoms with Crippen LogP contribution < -0.4 is 5.32 Å². The topological polar surface area (TPSA) is 100 Å². The summed E-state index contributed by atoms with van der Waals surface area (Å²) in [7, 11) is 1.56. The summed E-state index contributed by atoms with van der Waals surface area (Å²) in [5, 5.41) is 19.9. The minimum absolute atomic E-state index is 0.117. The first-order chi connectivity index (χ1) is 11.8. The van der Waals surface area contributed by atoms with E-state index in [-0.39, 0.29) is 18.6 Å². The minimum Gasteiger partial charge on any atom is -0.481 e. The fraction of sp³-hybridized carbons (Fsp3) is 0.412. The summed E-state index contributed by atoms with van der Waals surface area (Å²) in [5.74, 6) is -0.924. The van der Waals surface area contributed by atoms with E-state index >= 15 is 0 Å². The molecule has 0 saturated heterocycles. The van der Waals surface area contributed by atoms with Gasteiger partial charge in [-0.05, 0) is 26.0 Å². The van der Waals surface area contributed by atoms with E-state index < -0.39 is 11.9 Å². The molecule has 2 rings (SSSR count). The van der Waals surface area contributed by atoms with Gasteiger partial charge in [0, 0.05) is 25.2 Å². The molecule has 1 unspecified atom stereocenters. The summed E-state index contributed by atoms with van der Waals surface area (Å²) >= 11 is 0. The average molecular weight is 345 g/mol. The van der Waals surface area contributed by atoms with Gasteiger partial charge in [-0.15, -0.1) is 10.2 Å². The lowest BCUT2D eigenvalue weighted by atomic mass is 10.1. The fourth-order valence-corrected chi connectivity index (χ4v) is 2.38. The number of anilines is 1. The van der Waals surface area contributed by atoms with Gasteiger partial charge in [0.2, 0.25) is 0 Å². The average Bonchev–Trinajstić information content (AvgIpc) is 3.04. The van der Waals surface area contributed by atoms with Gasteiger partial charge in [-0.1, -0.05) is 19.1 Å². The summed E-state index contributed by atoms with van der Waals surface area (Å²) < 4.78 is 1.92. The first-order valence-corrected chi connectivity index (χ1v) is 8.05. The van der Waals surface area contributed by atoms with Crippen molar-refractivity contribution in [2.45, 2.75) is 26.8 Å². The molecule has 0 aliphatic rings. The minimum atomic E-state index is -0.940. The summed E-state index contributed by atoms with van der Waals surface area (Å²) in [6.45, 7) is 5.72. The molecule has 0 spiro atoms. The number of carboxylic acids is 1. The van der Waals surface area contributed by atoms with Crippen molar-refractivity contribution >= 4 is 17.7 Å². The molecule has 0 fully saturated rings. The summed E-state index contributed by atoms with van der Waals surface area (Å²) in [5.41, 5.74) is 1.35. The second-order valence-electron chi connectivity index (χ2n) is 6.25. The maximum Gasteiger partial charge on any atom is 0.321 e. The van der Waals surface area contributed by atoms with Gasteiger partial charge < -0.3 is 19.9 Å². The Hall–Kier alpha value is -2.90. The van der Waals surface area contributed by atoms with Gasteiger partial charge >= 0.3 is 12.0 Å². The molecule has 1 aromatic carbocycles. The number of carboxylic acid groups (broad SMARTS) is 1. The van der Waals surface area contributed by atoms with Crippen LogP contribution in [0.15, 0.2) is 30.6 Å². The number of carbonyl (C=O) groups excluding carboxylic acids is 1. The molecule has 2 amide bonds. The molecule has 1 heterocycles. The number of carbonyl (C=O) groups is 2. The summed E-state index contributed by atoms with van der Waals surface area (Å²) in [6, 6.07) is 7.11. The van der Waals surface area contributed by atoms with Crippen LogP contribution in [0.2, 0.25) is 0 Å². The van der Waals surface area contributed by atoms with Crippen LogP contribution in [0, 0.1) is 5.92 Å². The Morgan fingerprint density at radius 3 is 2.60 bits per heavy atom. The highest BCUT2D eigenvalue weighted by Crippen LogP contribution is 2.28. The molecule has 8 nitrogen and oxygen atoms in total. The van der Waals surface area contributed by atoms with E-state index in [4.69, 9.17) is 5.11 Å². The molecule has 0 saturated carbocycles. The van der Waals surface area contributed by atoms with Crippen molar-refractivity contribution < 1.29 is 14.7 Å². The van der Waals surface area contributed by atoms with Gasteiger partial charge in [-0.3, -0.25) is 4.79 Å². The molecule has 0 aliphatic carbocycles. The first kappa shape index (κ1) is 18.4. The third-order valence-electron chi connectivity index (χ3n) is 3.85. The van der Waals surface area contributed by atoms with Gasteiger partial charge in [-0.2, -0.15) is 0 Å². The monoisotopic (exact) mass is 345 g/mol. The zero-order valence-electron chi connectivity index (χ0n) is 14.8. The van der Waals surface area contributed by atoms with Crippen molar-refractivity contribution in [2.75, 3.05) is 18.9 Å². The smallest absolute Gasteiger partial charge is 0.321 e. The van der Waals surface area contributed by atoms with Crippen molar-refractivity contribution in [2.24, 2.45) is 5.92 Å². The van der Waals surface area contributed by atoms with E-state index in [1.54, 1.807) is 26.4 Å². The van der Waals surface area contributed by atoms with Gasteiger partial charge in [-0.25, -0.2) is 4.79 Å². The summed E-state index contributed by atoms with van der Waals surface area (Å²) in [4.78, 5) is 24.7. The Bertz CT molecular complexity index is 756. The molecule has 2 N–H and O–H groups in total. The van der Waals surface area contributed by atoms with Crippen LogP contribution >= 0.6 is 0 Å². The van der Waals surface area contributed by atoms with Crippen LogP contribution in [0.4, 0.5) is 10.5 Å². The Morgan fingerprint density at radius 2 is 1.96 bits per heavy atom. The standard InChI is InChI=1S/C17H23N5O3/c1-11(2)22-10-18-20-15(22)13-7-5-6-8-14(13)19-17(25)21(4)9-12(3)16(23)24/h5-8,10-12H,9H2,1-4H3,(H,19,25)(H,23,24). The number of hydrogen-bond donors (Lipinski definition) is 2. The molecule has 8 heteroatoms. The number of urea groups is 1. The Morgan fingerprint density at radius 1 is 1.28 bits per heavy atom. The number of para-hydroxylation sites is 1. The van der Waals surface area contributed by atoms with Crippen LogP contribution in [0.3, 0.4) is 0 Å². The predicted octanol–water partition coefficient (Wildman–Crippen LogP) is 2.71. The Labute approximate surface area is 146 Å². The SMILES string of the molecule is CC(CN(C)C(=O)Nc1ccccc1-c1nncn1C(C)C)C(=O)O. The molecule has 2 aromatic rings. The van der Waals surface area contributed by atoms with Crippen molar-refractivity contribution in [3.63, 3.8) is 0 Å². The van der Waals surface area contributed by atoms with Crippen molar-refractivity contribution in [1.29, 1.82) is 0 Å². The first-order valence-electron chi connectivity index (χ1n) is 8.05. The molecule has 0 bridgehead atoms.